The molecule has 2 unspecified atom stereocenters. The summed E-state index contributed by atoms with van der Waals surface area (Å²) in [5.74, 6) is 0.448. The van der Waals surface area contributed by atoms with Crippen molar-refractivity contribution in [3.63, 3.8) is 0 Å². The van der Waals surface area contributed by atoms with Gasteiger partial charge in [0.1, 0.15) is 22.7 Å². The maximum atomic E-state index is 13.5. The maximum absolute atomic E-state index is 13.5. The molecule has 2 aromatic heterocycles. The lowest BCUT2D eigenvalue weighted by Crippen LogP contribution is -2.27. The number of hydrogen-bond donors (Lipinski definition) is 3. The minimum atomic E-state index is -1.19. The van der Waals surface area contributed by atoms with E-state index in [0.717, 1.165) is 18.5 Å². The topological polar surface area (TPSA) is 118 Å². The number of carbonyl (C=O) groups excluding carboxylic acids is 1. The van der Waals surface area contributed by atoms with Gasteiger partial charge in [-0.2, -0.15) is 5.10 Å². The lowest BCUT2D eigenvalue weighted by atomic mass is 9.91. The molecule has 0 bridgehead atoms. The Hall–Kier alpha value is -2.82. The Kier molecular flexibility index (Phi) is 5.96. The van der Waals surface area contributed by atoms with Crippen LogP contribution in [0.3, 0.4) is 0 Å². The summed E-state index contributed by atoms with van der Waals surface area (Å²) in [5.41, 5.74) is -0.720. The number of carbonyl (C=O) groups is 1. The summed E-state index contributed by atoms with van der Waals surface area (Å²) in [6.45, 7) is 3.24. The molecule has 2 atom stereocenters. The first kappa shape index (κ1) is 24.9. The number of aromatic nitrogens is 5. The second-order valence-corrected chi connectivity index (χ2v) is 11.1. The second-order valence-electron chi connectivity index (χ2n) is 10.7. The van der Waals surface area contributed by atoms with Crippen molar-refractivity contribution in [3.8, 4) is 0 Å². The fourth-order valence-corrected chi connectivity index (χ4v) is 6.09. The van der Waals surface area contributed by atoms with Gasteiger partial charge in [0.15, 0.2) is 11.6 Å². The molecule has 0 saturated heterocycles. The minimum absolute atomic E-state index is 0.0632. The van der Waals surface area contributed by atoms with Crippen LogP contribution in [-0.2, 0) is 25.3 Å². The summed E-state index contributed by atoms with van der Waals surface area (Å²) in [6.07, 6.45) is 4.29. The monoisotopic (exact) mass is 516 g/mol. The van der Waals surface area contributed by atoms with Gasteiger partial charge in [0.05, 0.1) is 17.0 Å². The van der Waals surface area contributed by atoms with Crippen molar-refractivity contribution < 1.29 is 19.4 Å². The zero-order chi connectivity index (χ0) is 26.0. The fourth-order valence-electron chi connectivity index (χ4n) is 5.91. The van der Waals surface area contributed by atoms with Crippen LogP contribution >= 0.6 is 11.6 Å². The van der Waals surface area contributed by atoms with Crippen LogP contribution in [0.2, 0.25) is 5.02 Å². The van der Waals surface area contributed by atoms with Crippen LogP contribution in [0.4, 0.5) is 10.1 Å². The van der Waals surface area contributed by atoms with Gasteiger partial charge in [-0.3, -0.25) is 9.48 Å². The highest BCUT2D eigenvalue weighted by molar-refractivity contribution is 6.31. The van der Waals surface area contributed by atoms with Crippen LogP contribution in [-0.4, -0.2) is 40.4 Å². The average Bonchev–Trinajstić information content (AvgIpc) is 3.52. The molecular weight excluding hydrogens is 487 g/mol. The summed E-state index contributed by atoms with van der Waals surface area (Å²) >= 11 is 5.86. The first-order valence-electron chi connectivity index (χ1n) is 12.0. The van der Waals surface area contributed by atoms with E-state index in [9.17, 15) is 19.4 Å². The van der Waals surface area contributed by atoms with Gasteiger partial charge >= 0.3 is 0 Å². The van der Waals surface area contributed by atoms with Crippen LogP contribution in [0.15, 0.2) is 24.5 Å². The molecule has 1 aromatic carbocycles. The third kappa shape index (κ3) is 4.31. The standard InChI is InChI=1S/C25H30ClFN6O3/c1-24(2,35)22-30-23(33(4)31-22)25(36)10-14-7-13(8-15(14)11-25)19-20(32(3)12-28-19)21(34)29-16-5-6-18(27)17(26)9-16/h5-6,9,12-15,35-36H,7-8,10-11H2,1-4H3,(H,29,34). The van der Waals surface area contributed by atoms with Crippen LogP contribution in [0.25, 0.3) is 0 Å². The van der Waals surface area contributed by atoms with Gasteiger partial charge < -0.3 is 20.1 Å². The van der Waals surface area contributed by atoms with E-state index < -0.39 is 17.0 Å². The molecule has 2 fully saturated rings. The Labute approximate surface area is 213 Å². The van der Waals surface area contributed by atoms with Crippen molar-refractivity contribution in [2.75, 3.05) is 5.32 Å². The Morgan fingerprint density at radius 2 is 1.92 bits per heavy atom. The van der Waals surface area contributed by atoms with E-state index in [4.69, 9.17) is 11.6 Å². The smallest absolute Gasteiger partial charge is 0.274 e. The summed E-state index contributed by atoms with van der Waals surface area (Å²) in [6, 6.07) is 4.05. The molecule has 2 heterocycles. The molecule has 3 N–H and O–H groups in total. The van der Waals surface area contributed by atoms with Gasteiger partial charge in [0, 0.05) is 25.7 Å². The number of benzene rings is 1. The number of anilines is 1. The third-order valence-corrected chi connectivity index (χ3v) is 7.80. The molecule has 2 aliphatic carbocycles. The van der Waals surface area contributed by atoms with Gasteiger partial charge in [-0.15, -0.1) is 0 Å². The number of halogens is 2. The maximum Gasteiger partial charge on any atom is 0.274 e. The second kappa shape index (κ2) is 8.64. The normalized spacial score (nSPS) is 25.8. The zero-order valence-corrected chi connectivity index (χ0v) is 21.4. The Morgan fingerprint density at radius 3 is 2.50 bits per heavy atom. The van der Waals surface area contributed by atoms with Gasteiger partial charge in [0.2, 0.25) is 0 Å². The largest absolute Gasteiger partial charge is 0.382 e. The molecule has 11 heteroatoms. The van der Waals surface area contributed by atoms with Gasteiger partial charge in [-0.05, 0) is 69.6 Å². The first-order valence-corrected chi connectivity index (χ1v) is 12.4. The molecule has 36 heavy (non-hydrogen) atoms. The molecule has 0 radical (unpaired) electrons. The van der Waals surface area contributed by atoms with Crippen molar-refractivity contribution in [3.05, 3.63) is 58.4 Å². The molecule has 0 aliphatic heterocycles. The molecule has 2 aliphatic rings. The molecule has 5 rings (SSSR count). The van der Waals surface area contributed by atoms with Gasteiger partial charge in [-0.25, -0.2) is 14.4 Å². The lowest BCUT2D eigenvalue weighted by Gasteiger charge is -2.23. The Morgan fingerprint density at radius 1 is 1.25 bits per heavy atom. The molecule has 0 spiro atoms. The van der Waals surface area contributed by atoms with E-state index >= 15 is 0 Å². The van der Waals surface area contributed by atoms with E-state index in [0.29, 0.717) is 30.0 Å². The number of aryl methyl sites for hydroxylation is 2. The van der Waals surface area contributed by atoms with Crippen LogP contribution < -0.4 is 5.32 Å². The van der Waals surface area contributed by atoms with Crippen molar-refractivity contribution in [1.82, 2.24) is 24.3 Å². The van der Waals surface area contributed by atoms with Crippen LogP contribution in [0.5, 0.6) is 0 Å². The van der Waals surface area contributed by atoms with Crippen molar-refractivity contribution in [2.45, 2.75) is 56.7 Å². The molecule has 3 aromatic rings. The van der Waals surface area contributed by atoms with Gasteiger partial charge in [0.25, 0.3) is 5.91 Å². The highest BCUT2D eigenvalue weighted by Crippen LogP contribution is 2.56. The number of nitrogens with zero attached hydrogens (tertiary/aromatic N) is 5. The quantitative estimate of drug-likeness (QED) is 0.477. The van der Waals surface area contributed by atoms with E-state index in [1.165, 1.54) is 18.2 Å². The highest BCUT2D eigenvalue weighted by Gasteiger charge is 2.52. The molecule has 1 amide bonds. The first-order chi connectivity index (χ1) is 16.9. The number of fused-ring (bicyclic) bond motifs is 1. The zero-order valence-electron chi connectivity index (χ0n) is 20.7. The van der Waals surface area contributed by atoms with Crippen molar-refractivity contribution in [1.29, 1.82) is 0 Å². The number of aliphatic hydroxyl groups is 2. The summed E-state index contributed by atoms with van der Waals surface area (Å²) in [5, 5.41) is 28.8. The molecule has 9 nitrogen and oxygen atoms in total. The summed E-state index contributed by atoms with van der Waals surface area (Å²) in [4.78, 5) is 22.2. The average molecular weight is 517 g/mol. The predicted molar refractivity (Wildman–Crippen MR) is 131 cm³/mol. The van der Waals surface area contributed by atoms with Crippen LogP contribution in [0, 0.1) is 17.7 Å². The third-order valence-electron chi connectivity index (χ3n) is 7.51. The Bertz CT molecular complexity index is 1320. The Balaban J connectivity index is 1.32. The molecular formula is C25H30ClFN6O3. The highest BCUT2D eigenvalue weighted by atomic mass is 35.5. The fraction of sp³-hybridized carbons (Fsp3) is 0.520. The van der Waals surface area contributed by atoms with Crippen molar-refractivity contribution >= 4 is 23.2 Å². The number of imidazole rings is 1. The number of amides is 1. The summed E-state index contributed by atoms with van der Waals surface area (Å²) < 4.78 is 16.8. The van der Waals surface area contributed by atoms with E-state index in [1.807, 2.05) is 0 Å². The minimum Gasteiger partial charge on any atom is -0.382 e. The van der Waals surface area contributed by atoms with Crippen LogP contribution in [0.1, 0.15) is 73.3 Å². The van der Waals surface area contributed by atoms with E-state index in [-0.39, 0.29) is 34.5 Å². The van der Waals surface area contributed by atoms with E-state index in [2.05, 4.69) is 20.4 Å². The number of hydrogen-bond acceptors (Lipinski definition) is 6. The predicted octanol–water partition coefficient (Wildman–Crippen LogP) is 3.61. The van der Waals surface area contributed by atoms with Crippen molar-refractivity contribution in [2.24, 2.45) is 25.9 Å². The number of rotatable bonds is 5. The number of nitrogens with one attached hydrogen (secondary N) is 1. The molecule has 192 valence electrons. The SMILES string of the molecule is Cn1cnc(C2CC3CC(O)(c4nc(C(C)(C)O)nn4C)CC3C2)c1C(=O)Nc1ccc(F)c(Cl)c1. The summed E-state index contributed by atoms with van der Waals surface area (Å²) in [7, 11) is 3.51. The van der Waals surface area contributed by atoms with E-state index in [1.54, 1.807) is 43.5 Å². The molecule has 2 saturated carbocycles. The van der Waals surface area contributed by atoms with Gasteiger partial charge in [-0.1, -0.05) is 11.6 Å². The lowest BCUT2D eigenvalue weighted by molar-refractivity contribution is 0.0213.